The number of nitrogens with zero attached hydrogens (tertiary/aromatic N) is 1. The quantitative estimate of drug-likeness (QED) is 0.214. The molecule has 3 aromatic carbocycles. The molecule has 6 nitrogen and oxygen atoms in total. The number of carbonyl (C=O) groups excluding carboxylic acids is 1. The lowest BCUT2D eigenvalue weighted by molar-refractivity contribution is 0.0951. The SMILES string of the molecule is CC(C)c1ccc2oc(-c3ccc(NC(=S)NC(=O)c4ccc(-c5ccc(Cl)cc5Cl)o4)cc3)nc2c1. The summed E-state index contributed by atoms with van der Waals surface area (Å²) in [4.78, 5) is 17.2. The highest BCUT2D eigenvalue weighted by Gasteiger charge is 2.16. The number of hydrogen-bond donors (Lipinski definition) is 2. The van der Waals surface area contributed by atoms with E-state index >= 15 is 0 Å². The fraction of sp³-hybridized carbons (Fsp3) is 0.107. The second kappa shape index (κ2) is 10.4. The molecule has 1 amide bonds. The van der Waals surface area contributed by atoms with Crippen LogP contribution >= 0.6 is 35.4 Å². The van der Waals surface area contributed by atoms with Gasteiger partial charge in [-0.05, 0) is 90.4 Å². The van der Waals surface area contributed by atoms with Crippen molar-refractivity contribution < 1.29 is 13.6 Å². The van der Waals surface area contributed by atoms with Gasteiger partial charge in [-0.15, -0.1) is 0 Å². The van der Waals surface area contributed by atoms with Crippen LogP contribution in [0.5, 0.6) is 0 Å². The maximum Gasteiger partial charge on any atom is 0.293 e. The maximum absolute atomic E-state index is 12.6. The highest BCUT2D eigenvalue weighted by molar-refractivity contribution is 7.80. The Morgan fingerprint density at radius 1 is 0.946 bits per heavy atom. The third-order valence-electron chi connectivity index (χ3n) is 5.72. The number of benzene rings is 3. The van der Waals surface area contributed by atoms with E-state index in [0.717, 1.165) is 16.7 Å². The number of rotatable bonds is 5. The Morgan fingerprint density at radius 3 is 2.46 bits per heavy atom. The van der Waals surface area contributed by atoms with Crippen LogP contribution in [-0.4, -0.2) is 16.0 Å². The standard InChI is InChI=1S/C28H21Cl2N3O3S/c1-15(2)17-5-10-24-22(13-17)32-27(36-24)16-3-7-19(8-4-16)31-28(37)33-26(34)25-12-11-23(35-25)20-9-6-18(29)14-21(20)30/h3-15H,1-2H3,(H2,31,33,34,37). The average Bonchev–Trinajstić information content (AvgIpc) is 3.51. The summed E-state index contributed by atoms with van der Waals surface area (Å²) in [5.41, 5.74) is 4.93. The predicted molar refractivity (Wildman–Crippen MR) is 151 cm³/mol. The summed E-state index contributed by atoms with van der Waals surface area (Å²) in [7, 11) is 0. The monoisotopic (exact) mass is 549 g/mol. The average molecular weight is 550 g/mol. The van der Waals surface area contributed by atoms with E-state index in [0.29, 0.717) is 38.9 Å². The molecular weight excluding hydrogens is 529 g/mol. The minimum Gasteiger partial charge on any atom is -0.451 e. The first-order valence-electron chi connectivity index (χ1n) is 11.5. The van der Waals surface area contributed by atoms with E-state index in [9.17, 15) is 4.79 Å². The van der Waals surface area contributed by atoms with E-state index in [2.05, 4.69) is 41.6 Å². The molecule has 5 rings (SSSR count). The van der Waals surface area contributed by atoms with Crippen molar-refractivity contribution in [3.05, 3.63) is 94.2 Å². The van der Waals surface area contributed by atoms with Gasteiger partial charge in [0.1, 0.15) is 11.3 Å². The van der Waals surface area contributed by atoms with Gasteiger partial charge in [0.2, 0.25) is 5.89 Å². The molecule has 0 unspecified atom stereocenters. The van der Waals surface area contributed by atoms with E-state index in [4.69, 9.17) is 44.3 Å². The maximum atomic E-state index is 12.6. The van der Waals surface area contributed by atoms with E-state index in [1.54, 1.807) is 30.3 Å². The summed E-state index contributed by atoms with van der Waals surface area (Å²) in [5.74, 6) is 1.000. The third kappa shape index (κ3) is 5.54. The summed E-state index contributed by atoms with van der Waals surface area (Å²) in [6.45, 7) is 4.29. The number of fused-ring (bicyclic) bond motifs is 1. The normalized spacial score (nSPS) is 11.2. The van der Waals surface area contributed by atoms with E-state index < -0.39 is 5.91 Å². The molecule has 0 aliphatic rings. The van der Waals surface area contributed by atoms with Gasteiger partial charge in [0.25, 0.3) is 5.91 Å². The van der Waals surface area contributed by atoms with Gasteiger partial charge in [-0.3, -0.25) is 10.1 Å². The predicted octanol–water partition coefficient (Wildman–Crippen LogP) is 8.31. The number of carbonyl (C=O) groups is 1. The Kier molecular flexibility index (Phi) is 7.02. The molecule has 0 aliphatic heterocycles. The number of oxazole rings is 1. The molecule has 0 saturated heterocycles. The highest BCUT2D eigenvalue weighted by atomic mass is 35.5. The van der Waals surface area contributed by atoms with Crippen molar-refractivity contribution in [2.24, 2.45) is 0 Å². The zero-order valence-corrected chi connectivity index (χ0v) is 22.2. The topological polar surface area (TPSA) is 80.3 Å². The number of nitrogens with one attached hydrogen (secondary N) is 2. The molecule has 0 radical (unpaired) electrons. The van der Waals surface area contributed by atoms with Gasteiger partial charge in [-0.1, -0.05) is 43.1 Å². The van der Waals surface area contributed by atoms with Crippen LogP contribution in [0.4, 0.5) is 5.69 Å². The van der Waals surface area contributed by atoms with Crippen molar-refractivity contribution >= 4 is 63.2 Å². The van der Waals surface area contributed by atoms with Crippen LogP contribution in [-0.2, 0) is 0 Å². The molecule has 5 aromatic rings. The second-order valence-corrected chi connectivity index (χ2v) is 9.93. The van der Waals surface area contributed by atoms with Crippen LogP contribution in [0.1, 0.15) is 35.9 Å². The zero-order valence-electron chi connectivity index (χ0n) is 19.8. The Balaban J connectivity index is 1.23. The molecule has 9 heteroatoms. The van der Waals surface area contributed by atoms with Gasteiger partial charge >= 0.3 is 0 Å². The molecule has 0 saturated carbocycles. The van der Waals surface area contributed by atoms with Crippen LogP contribution in [0.15, 0.2) is 81.6 Å². The number of amides is 1. The number of hydrogen-bond acceptors (Lipinski definition) is 5. The number of halogens is 2. The van der Waals surface area contributed by atoms with Gasteiger partial charge in [-0.2, -0.15) is 0 Å². The summed E-state index contributed by atoms with van der Waals surface area (Å²) in [6, 6.07) is 21.7. The highest BCUT2D eigenvalue weighted by Crippen LogP contribution is 2.32. The Hall–Kier alpha value is -3.65. The lowest BCUT2D eigenvalue weighted by Gasteiger charge is -2.09. The van der Waals surface area contributed by atoms with Crippen LogP contribution in [0.25, 0.3) is 33.9 Å². The lowest BCUT2D eigenvalue weighted by atomic mass is 10.0. The Labute approximate surface area is 228 Å². The van der Waals surface area contributed by atoms with Gasteiger partial charge in [-0.25, -0.2) is 4.98 Å². The molecule has 0 atom stereocenters. The van der Waals surface area contributed by atoms with Crippen LogP contribution in [0.2, 0.25) is 10.0 Å². The molecule has 2 aromatic heterocycles. The third-order valence-corrected chi connectivity index (χ3v) is 6.47. The van der Waals surface area contributed by atoms with Gasteiger partial charge < -0.3 is 14.2 Å². The first kappa shape index (κ1) is 25.0. The van der Waals surface area contributed by atoms with Gasteiger partial charge in [0.05, 0.1) is 5.02 Å². The van der Waals surface area contributed by atoms with Crippen molar-refractivity contribution in [2.75, 3.05) is 5.32 Å². The van der Waals surface area contributed by atoms with Crippen molar-refractivity contribution in [1.82, 2.24) is 10.3 Å². The van der Waals surface area contributed by atoms with Gasteiger partial charge in [0.15, 0.2) is 16.5 Å². The molecule has 2 heterocycles. The Morgan fingerprint density at radius 2 is 1.73 bits per heavy atom. The fourth-order valence-corrected chi connectivity index (χ4v) is 4.46. The molecule has 0 fully saturated rings. The smallest absolute Gasteiger partial charge is 0.293 e. The number of anilines is 1. The van der Waals surface area contributed by atoms with Crippen LogP contribution in [0.3, 0.4) is 0 Å². The Bertz CT molecular complexity index is 1620. The number of thiocarbonyl (C=S) groups is 1. The minimum atomic E-state index is -0.488. The van der Waals surface area contributed by atoms with Gasteiger partial charge in [0, 0.05) is 21.8 Å². The van der Waals surface area contributed by atoms with Crippen molar-refractivity contribution in [3.63, 3.8) is 0 Å². The summed E-state index contributed by atoms with van der Waals surface area (Å²) >= 11 is 17.5. The van der Waals surface area contributed by atoms with Crippen molar-refractivity contribution in [2.45, 2.75) is 19.8 Å². The van der Waals surface area contributed by atoms with Crippen LogP contribution < -0.4 is 10.6 Å². The molecule has 0 spiro atoms. The first-order valence-corrected chi connectivity index (χ1v) is 12.6. The van der Waals surface area contributed by atoms with Crippen molar-refractivity contribution in [3.8, 4) is 22.8 Å². The first-order chi connectivity index (χ1) is 17.8. The molecule has 37 heavy (non-hydrogen) atoms. The van der Waals surface area contributed by atoms with Crippen molar-refractivity contribution in [1.29, 1.82) is 0 Å². The molecule has 0 bridgehead atoms. The largest absolute Gasteiger partial charge is 0.451 e. The molecular formula is C28H21Cl2N3O3S. The number of aromatic nitrogens is 1. The van der Waals surface area contributed by atoms with E-state index in [-0.39, 0.29) is 10.9 Å². The zero-order chi connectivity index (χ0) is 26.1. The summed E-state index contributed by atoms with van der Waals surface area (Å²) < 4.78 is 11.6. The van der Waals surface area contributed by atoms with E-state index in [1.807, 2.05) is 30.3 Å². The summed E-state index contributed by atoms with van der Waals surface area (Å²) in [6.07, 6.45) is 0. The second-order valence-electron chi connectivity index (χ2n) is 8.67. The minimum absolute atomic E-state index is 0.0945. The van der Waals surface area contributed by atoms with Crippen LogP contribution in [0, 0.1) is 0 Å². The molecule has 186 valence electrons. The van der Waals surface area contributed by atoms with E-state index in [1.165, 1.54) is 5.56 Å². The molecule has 0 aliphatic carbocycles. The lowest BCUT2D eigenvalue weighted by Crippen LogP contribution is -2.33. The number of furan rings is 1. The fourth-order valence-electron chi connectivity index (χ4n) is 3.74. The molecule has 2 N–H and O–H groups in total. The summed E-state index contributed by atoms with van der Waals surface area (Å²) in [5, 5.41) is 6.67.